The van der Waals surface area contributed by atoms with E-state index in [9.17, 15) is 8.42 Å². The number of benzene rings is 2. The Morgan fingerprint density at radius 1 is 1.00 bits per heavy atom. The minimum Gasteiger partial charge on any atom is -0.342 e. The largest absolute Gasteiger partial charge is 0.342 e. The number of rotatable bonds is 4. The molecule has 0 unspecified atom stereocenters. The lowest BCUT2D eigenvalue weighted by molar-refractivity contribution is 0.597. The van der Waals surface area contributed by atoms with Crippen LogP contribution in [0.5, 0.6) is 0 Å². The molecule has 4 aromatic rings. The average molecular weight is 377 g/mol. The molecule has 0 saturated heterocycles. The number of aromatic nitrogens is 2. The molecular formula is C21H19N3O2S. The van der Waals surface area contributed by atoms with Gasteiger partial charge in [0, 0.05) is 35.6 Å². The minimum atomic E-state index is -3.68. The van der Waals surface area contributed by atoms with E-state index in [1.165, 1.54) is 0 Å². The van der Waals surface area contributed by atoms with Crippen LogP contribution in [0.1, 0.15) is 11.3 Å². The molecule has 5 nitrogen and oxygen atoms in total. The normalized spacial score (nSPS) is 11.8. The Balaban J connectivity index is 1.80. The van der Waals surface area contributed by atoms with E-state index in [1.54, 1.807) is 24.3 Å². The van der Waals surface area contributed by atoms with Crippen LogP contribution < -0.4 is 5.14 Å². The Morgan fingerprint density at radius 3 is 2.37 bits per heavy atom. The fourth-order valence-corrected chi connectivity index (χ4v) is 3.86. The molecule has 0 radical (unpaired) electrons. The van der Waals surface area contributed by atoms with E-state index in [2.05, 4.69) is 21.7 Å². The number of sulfonamides is 1. The van der Waals surface area contributed by atoms with Gasteiger partial charge in [-0.15, -0.1) is 0 Å². The molecule has 0 amide bonds. The van der Waals surface area contributed by atoms with Crippen molar-refractivity contribution in [2.45, 2.75) is 18.4 Å². The highest BCUT2D eigenvalue weighted by molar-refractivity contribution is 7.89. The fourth-order valence-electron chi connectivity index (χ4n) is 3.35. The third kappa shape index (κ3) is 3.37. The van der Waals surface area contributed by atoms with E-state index in [0.29, 0.717) is 6.54 Å². The van der Waals surface area contributed by atoms with Gasteiger partial charge in [0.25, 0.3) is 0 Å². The number of hydrogen-bond acceptors (Lipinski definition) is 3. The maximum atomic E-state index is 11.4. The lowest BCUT2D eigenvalue weighted by Gasteiger charge is -2.13. The Morgan fingerprint density at radius 2 is 1.70 bits per heavy atom. The summed E-state index contributed by atoms with van der Waals surface area (Å²) in [5.41, 5.74) is 5.31. The van der Waals surface area contributed by atoms with E-state index < -0.39 is 10.0 Å². The van der Waals surface area contributed by atoms with Crippen LogP contribution in [0, 0.1) is 6.92 Å². The molecule has 136 valence electrons. The summed E-state index contributed by atoms with van der Waals surface area (Å²) in [6.07, 6.45) is 3.92. The predicted octanol–water partition coefficient (Wildman–Crippen LogP) is 3.71. The molecule has 2 aromatic carbocycles. The Kier molecular flexibility index (Phi) is 4.30. The Hall–Kier alpha value is -2.96. The highest BCUT2D eigenvalue weighted by atomic mass is 32.2. The van der Waals surface area contributed by atoms with Gasteiger partial charge in [-0.2, -0.15) is 0 Å². The van der Waals surface area contributed by atoms with Crippen molar-refractivity contribution in [1.29, 1.82) is 0 Å². The van der Waals surface area contributed by atoms with Crippen LogP contribution in [0.3, 0.4) is 0 Å². The SMILES string of the molecule is Cc1ncc2ccn(Cc3ccc(S(N)(=O)=O)cc3)c2c1-c1ccccc1. The molecule has 0 aliphatic heterocycles. The van der Waals surface area contributed by atoms with Crippen LogP contribution >= 0.6 is 0 Å². The standard InChI is InChI=1S/C21H19N3O2S/c1-15-20(17-5-3-2-4-6-17)21-18(13-23-15)11-12-24(21)14-16-7-9-19(10-8-16)27(22,25)26/h2-13H,14H2,1H3,(H2,22,25,26). The highest BCUT2D eigenvalue weighted by Crippen LogP contribution is 2.31. The lowest BCUT2D eigenvalue weighted by Crippen LogP contribution is -2.12. The number of primary sulfonamides is 1. The van der Waals surface area contributed by atoms with Crippen molar-refractivity contribution >= 4 is 20.9 Å². The Labute approximate surface area is 158 Å². The van der Waals surface area contributed by atoms with Gasteiger partial charge in [0.2, 0.25) is 10.0 Å². The number of nitrogens with two attached hydrogens (primary N) is 1. The first kappa shape index (κ1) is 17.5. The molecule has 0 aliphatic rings. The quantitative estimate of drug-likeness (QED) is 0.589. The molecule has 2 heterocycles. The van der Waals surface area contributed by atoms with Gasteiger partial charge in [-0.25, -0.2) is 13.6 Å². The van der Waals surface area contributed by atoms with Gasteiger partial charge < -0.3 is 4.57 Å². The van der Waals surface area contributed by atoms with Crippen molar-refractivity contribution in [2.24, 2.45) is 5.14 Å². The summed E-state index contributed by atoms with van der Waals surface area (Å²) in [5.74, 6) is 0. The monoisotopic (exact) mass is 377 g/mol. The van der Waals surface area contributed by atoms with Crippen LogP contribution in [0.25, 0.3) is 22.0 Å². The summed E-state index contributed by atoms with van der Waals surface area (Å²) in [4.78, 5) is 4.67. The van der Waals surface area contributed by atoms with Gasteiger partial charge in [-0.05, 0) is 36.2 Å². The van der Waals surface area contributed by atoms with Gasteiger partial charge in [0.1, 0.15) is 0 Å². The molecule has 0 spiro atoms. The number of aryl methyl sites for hydroxylation is 1. The van der Waals surface area contributed by atoms with Crippen molar-refractivity contribution < 1.29 is 8.42 Å². The van der Waals surface area contributed by atoms with Gasteiger partial charge >= 0.3 is 0 Å². The topological polar surface area (TPSA) is 78.0 Å². The molecule has 27 heavy (non-hydrogen) atoms. The molecule has 0 atom stereocenters. The third-order valence-electron chi connectivity index (χ3n) is 4.66. The first-order valence-electron chi connectivity index (χ1n) is 8.55. The summed E-state index contributed by atoms with van der Waals surface area (Å²) in [7, 11) is -3.68. The first-order chi connectivity index (χ1) is 12.9. The zero-order chi connectivity index (χ0) is 19.0. The second-order valence-electron chi connectivity index (χ2n) is 6.52. The van der Waals surface area contributed by atoms with Crippen molar-refractivity contribution in [3.05, 3.63) is 84.3 Å². The summed E-state index contributed by atoms with van der Waals surface area (Å²) in [6.45, 7) is 2.64. The van der Waals surface area contributed by atoms with Crippen LogP contribution in [-0.4, -0.2) is 18.0 Å². The van der Waals surface area contributed by atoms with Crippen LogP contribution in [0.15, 0.2) is 78.0 Å². The summed E-state index contributed by atoms with van der Waals surface area (Å²) in [6, 6.07) is 18.9. The van der Waals surface area contributed by atoms with Crippen LogP contribution in [-0.2, 0) is 16.6 Å². The van der Waals surface area contributed by atoms with Crippen molar-refractivity contribution in [3.8, 4) is 11.1 Å². The number of fused-ring (bicyclic) bond motifs is 1. The molecule has 0 bridgehead atoms. The average Bonchev–Trinajstić information content (AvgIpc) is 3.05. The maximum absolute atomic E-state index is 11.4. The van der Waals surface area contributed by atoms with Gasteiger partial charge in [-0.1, -0.05) is 42.5 Å². The molecule has 6 heteroatoms. The number of pyridine rings is 1. The van der Waals surface area contributed by atoms with Crippen molar-refractivity contribution in [2.75, 3.05) is 0 Å². The highest BCUT2D eigenvalue weighted by Gasteiger charge is 2.13. The molecule has 2 aromatic heterocycles. The minimum absolute atomic E-state index is 0.119. The number of nitrogens with zero attached hydrogens (tertiary/aromatic N) is 2. The van der Waals surface area contributed by atoms with Crippen molar-refractivity contribution in [3.63, 3.8) is 0 Å². The second kappa shape index (κ2) is 6.64. The van der Waals surface area contributed by atoms with Gasteiger partial charge in [0.05, 0.1) is 10.4 Å². The first-order valence-corrected chi connectivity index (χ1v) is 10.1. The van der Waals surface area contributed by atoms with E-state index in [0.717, 1.165) is 33.3 Å². The van der Waals surface area contributed by atoms with Crippen LogP contribution in [0.2, 0.25) is 0 Å². The van der Waals surface area contributed by atoms with E-state index in [4.69, 9.17) is 5.14 Å². The maximum Gasteiger partial charge on any atom is 0.238 e. The predicted molar refractivity (Wildman–Crippen MR) is 107 cm³/mol. The van der Waals surface area contributed by atoms with Gasteiger partial charge in [0.15, 0.2) is 0 Å². The zero-order valence-corrected chi connectivity index (χ0v) is 15.6. The zero-order valence-electron chi connectivity index (χ0n) is 14.8. The van der Waals surface area contributed by atoms with E-state index >= 15 is 0 Å². The Bertz CT molecular complexity index is 1210. The second-order valence-corrected chi connectivity index (χ2v) is 8.08. The lowest BCUT2D eigenvalue weighted by atomic mass is 10.0. The molecular weight excluding hydrogens is 358 g/mol. The van der Waals surface area contributed by atoms with Crippen molar-refractivity contribution in [1.82, 2.24) is 9.55 Å². The molecule has 4 rings (SSSR count). The van der Waals surface area contributed by atoms with E-state index in [-0.39, 0.29) is 4.90 Å². The summed E-state index contributed by atoms with van der Waals surface area (Å²) >= 11 is 0. The third-order valence-corrected chi connectivity index (χ3v) is 5.59. The van der Waals surface area contributed by atoms with E-state index in [1.807, 2.05) is 43.6 Å². The molecule has 0 saturated carbocycles. The summed E-state index contributed by atoms with van der Waals surface area (Å²) < 4.78 is 25.0. The molecule has 0 aliphatic carbocycles. The smallest absolute Gasteiger partial charge is 0.238 e. The van der Waals surface area contributed by atoms with Crippen LogP contribution in [0.4, 0.5) is 0 Å². The summed E-state index contributed by atoms with van der Waals surface area (Å²) in [5, 5.41) is 6.25. The molecule has 2 N–H and O–H groups in total. The fraction of sp³-hybridized carbons (Fsp3) is 0.0952. The number of hydrogen-bond donors (Lipinski definition) is 1. The molecule has 0 fully saturated rings. The van der Waals surface area contributed by atoms with Gasteiger partial charge in [-0.3, -0.25) is 4.98 Å².